The largest absolute Gasteiger partial charge is 0.350 e. The number of amides is 1. The van der Waals surface area contributed by atoms with Crippen LogP contribution >= 0.6 is 0 Å². The van der Waals surface area contributed by atoms with Crippen LogP contribution in [0, 0.1) is 6.92 Å². The van der Waals surface area contributed by atoms with Crippen LogP contribution < -0.4 is 4.90 Å². The standard InChI is InChI=1S/C17H19N5O/c1-12-4-5-16(20-19-12)21-9-6-15-14(21)7-10-22(15)17(23)13-3-2-8-18-11-13/h2-5,8,11,14-15H,6-7,9-10H2,1H3/t14-,15+/m0/s1. The van der Waals surface area contributed by atoms with Gasteiger partial charge in [-0.05, 0) is 44.0 Å². The predicted molar refractivity (Wildman–Crippen MR) is 86.2 cm³/mol. The van der Waals surface area contributed by atoms with Gasteiger partial charge in [-0.15, -0.1) is 5.10 Å². The average molecular weight is 309 g/mol. The molecule has 118 valence electrons. The monoisotopic (exact) mass is 309 g/mol. The Bertz CT molecular complexity index is 703. The second-order valence-electron chi connectivity index (χ2n) is 6.18. The molecule has 2 saturated heterocycles. The van der Waals surface area contributed by atoms with Crippen LogP contribution in [-0.4, -0.2) is 51.2 Å². The SMILES string of the molecule is Cc1ccc(N2CC[C@@H]3[C@@H]2CCN3C(=O)c2cccnc2)nn1. The van der Waals surface area contributed by atoms with Crippen molar-refractivity contribution in [2.24, 2.45) is 0 Å². The number of likely N-dealkylation sites (tertiary alicyclic amines) is 1. The lowest BCUT2D eigenvalue weighted by Gasteiger charge is -2.26. The zero-order valence-corrected chi connectivity index (χ0v) is 13.1. The van der Waals surface area contributed by atoms with E-state index < -0.39 is 0 Å². The average Bonchev–Trinajstić information content (AvgIpc) is 3.18. The first-order valence-electron chi connectivity index (χ1n) is 8.02. The summed E-state index contributed by atoms with van der Waals surface area (Å²) in [5.41, 5.74) is 1.59. The Hall–Kier alpha value is -2.50. The van der Waals surface area contributed by atoms with Crippen molar-refractivity contribution in [3.05, 3.63) is 47.9 Å². The van der Waals surface area contributed by atoms with E-state index in [-0.39, 0.29) is 11.9 Å². The maximum Gasteiger partial charge on any atom is 0.255 e. The molecule has 0 unspecified atom stereocenters. The summed E-state index contributed by atoms with van der Waals surface area (Å²) >= 11 is 0. The maximum atomic E-state index is 12.7. The Morgan fingerprint density at radius 3 is 2.74 bits per heavy atom. The Balaban J connectivity index is 1.54. The molecule has 0 aliphatic carbocycles. The molecule has 2 aromatic rings. The molecule has 4 rings (SSSR count). The highest BCUT2D eigenvalue weighted by molar-refractivity contribution is 5.94. The first kappa shape index (κ1) is 14.1. The number of carbonyl (C=O) groups excluding carboxylic acids is 1. The normalized spacial score (nSPS) is 23.2. The quantitative estimate of drug-likeness (QED) is 0.844. The number of pyridine rings is 1. The van der Waals surface area contributed by atoms with Crippen LogP contribution in [0.25, 0.3) is 0 Å². The van der Waals surface area contributed by atoms with E-state index in [1.165, 1.54) is 0 Å². The summed E-state index contributed by atoms with van der Waals surface area (Å²) in [6.45, 7) is 3.65. The van der Waals surface area contributed by atoms with Crippen molar-refractivity contribution in [1.82, 2.24) is 20.1 Å². The molecule has 6 heteroatoms. The molecule has 4 heterocycles. The van der Waals surface area contributed by atoms with Gasteiger partial charge < -0.3 is 9.80 Å². The molecular weight excluding hydrogens is 290 g/mol. The molecule has 0 N–H and O–H groups in total. The number of aromatic nitrogens is 3. The van der Waals surface area contributed by atoms with Gasteiger partial charge in [-0.2, -0.15) is 5.10 Å². The second-order valence-corrected chi connectivity index (χ2v) is 6.18. The van der Waals surface area contributed by atoms with Crippen molar-refractivity contribution >= 4 is 11.7 Å². The van der Waals surface area contributed by atoms with Crippen molar-refractivity contribution in [1.29, 1.82) is 0 Å². The third-order valence-electron chi connectivity index (χ3n) is 4.82. The van der Waals surface area contributed by atoms with E-state index in [1.54, 1.807) is 12.4 Å². The minimum Gasteiger partial charge on any atom is -0.350 e. The third-order valence-corrected chi connectivity index (χ3v) is 4.82. The molecule has 2 atom stereocenters. The number of aryl methyl sites for hydroxylation is 1. The van der Waals surface area contributed by atoms with E-state index in [4.69, 9.17) is 0 Å². The van der Waals surface area contributed by atoms with Crippen LogP contribution in [0.1, 0.15) is 28.9 Å². The van der Waals surface area contributed by atoms with Crippen LogP contribution in [0.3, 0.4) is 0 Å². The first-order chi connectivity index (χ1) is 11.2. The van der Waals surface area contributed by atoms with Gasteiger partial charge in [0.2, 0.25) is 0 Å². The van der Waals surface area contributed by atoms with E-state index in [0.717, 1.165) is 37.4 Å². The Kier molecular flexibility index (Phi) is 3.44. The molecule has 2 fully saturated rings. The lowest BCUT2D eigenvalue weighted by Crippen LogP contribution is -2.40. The highest BCUT2D eigenvalue weighted by atomic mass is 16.2. The fourth-order valence-electron chi connectivity index (χ4n) is 3.72. The summed E-state index contributed by atoms with van der Waals surface area (Å²) in [6, 6.07) is 8.25. The highest BCUT2D eigenvalue weighted by Crippen LogP contribution is 2.34. The van der Waals surface area contributed by atoms with E-state index in [0.29, 0.717) is 11.6 Å². The van der Waals surface area contributed by atoms with Gasteiger partial charge in [0.15, 0.2) is 5.82 Å². The van der Waals surface area contributed by atoms with Crippen molar-refractivity contribution in [3.63, 3.8) is 0 Å². The zero-order chi connectivity index (χ0) is 15.8. The maximum absolute atomic E-state index is 12.7. The summed E-state index contributed by atoms with van der Waals surface area (Å²) in [6.07, 6.45) is 5.29. The summed E-state index contributed by atoms with van der Waals surface area (Å²) in [4.78, 5) is 21.1. The Labute approximate surface area is 135 Å². The highest BCUT2D eigenvalue weighted by Gasteiger charge is 2.45. The van der Waals surface area contributed by atoms with Gasteiger partial charge >= 0.3 is 0 Å². The number of carbonyl (C=O) groups is 1. The van der Waals surface area contributed by atoms with Crippen molar-refractivity contribution < 1.29 is 4.79 Å². The molecule has 23 heavy (non-hydrogen) atoms. The predicted octanol–water partition coefficient (Wildman–Crippen LogP) is 1.67. The minimum atomic E-state index is 0.0856. The molecule has 1 amide bonds. The molecule has 0 aromatic carbocycles. The molecule has 2 aliphatic heterocycles. The fourth-order valence-corrected chi connectivity index (χ4v) is 3.72. The van der Waals surface area contributed by atoms with Crippen LogP contribution in [0.2, 0.25) is 0 Å². The molecule has 0 saturated carbocycles. The van der Waals surface area contributed by atoms with Crippen molar-refractivity contribution in [2.75, 3.05) is 18.0 Å². The van der Waals surface area contributed by atoms with E-state index in [9.17, 15) is 4.79 Å². The summed E-state index contributed by atoms with van der Waals surface area (Å²) in [5.74, 6) is 1.00. The minimum absolute atomic E-state index is 0.0856. The van der Waals surface area contributed by atoms with Gasteiger partial charge in [0, 0.05) is 25.5 Å². The Morgan fingerprint density at radius 1 is 1.13 bits per heavy atom. The van der Waals surface area contributed by atoms with E-state index in [1.807, 2.05) is 36.1 Å². The molecule has 0 spiro atoms. The number of hydrogen-bond donors (Lipinski definition) is 0. The van der Waals surface area contributed by atoms with Gasteiger partial charge in [-0.25, -0.2) is 0 Å². The lowest BCUT2D eigenvalue weighted by atomic mass is 10.1. The van der Waals surface area contributed by atoms with Crippen LogP contribution in [-0.2, 0) is 0 Å². The van der Waals surface area contributed by atoms with Crippen LogP contribution in [0.5, 0.6) is 0 Å². The Morgan fingerprint density at radius 2 is 2.00 bits per heavy atom. The second kappa shape index (κ2) is 5.61. The fraction of sp³-hybridized carbons (Fsp3) is 0.412. The third kappa shape index (κ3) is 2.44. The molecule has 2 aromatic heterocycles. The number of anilines is 1. The molecule has 2 aliphatic rings. The van der Waals surface area contributed by atoms with Crippen molar-refractivity contribution in [3.8, 4) is 0 Å². The van der Waals surface area contributed by atoms with E-state index in [2.05, 4.69) is 20.1 Å². The first-order valence-corrected chi connectivity index (χ1v) is 8.02. The van der Waals surface area contributed by atoms with Gasteiger partial charge in [0.1, 0.15) is 0 Å². The number of rotatable bonds is 2. The van der Waals surface area contributed by atoms with Crippen LogP contribution in [0.4, 0.5) is 5.82 Å². The summed E-state index contributed by atoms with van der Waals surface area (Å²) < 4.78 is 0. The topological polar surface area (TPSA) is 62.2 Å². The van der Waals surface area contributed by atoms with Crippen molar-refractivity contribution in [2.45, 2.75) is 31.8 Å². The molecule has 6 nitrogen and oxygen atoms in total. The van der Waals surface area contributed by atoms with E-state index >= 15 is 0 Å². The smallest absolute Gasteiger partial charge is 0.255 e. The van der Waals surface area contributed by atoms with Gasteiger partial charge in [0.25, 0.3) is 5.91 Å². The summed E-state index contributed by atoms with van der Waals surface area (Å²) in [7, 11) is 0. The van der Waals surface area contributed by atoms with Gasteiger partial charge in [0.05, 0.1) is 23.3 Å². The van der Waals surface area contributed by atoms with Crippen LogP contribution in [0.15, 0.2) is 36.7 Å². The number of hydrogen-bond acceptors (Lipinski definition) is 5. The number of nitrogens with zero attached hydrogens (tertiary/aromatic N) is 5. The lowest BCUT2D eigenvalue weighted by molar-refractivity contribution is 0.0737. The molecule has 0 bridgehead atoms. The van der Waals surface area contributed by atoms with Gasteiger partial charge in [-0.1, -0.05) is 0 Å². The zero-order valence-electron chi connectivity index (χ0n) is 13.1. The summed E-state index contributed by atoms with van der Waals surface area (Å²) in [5, 5.41) is 8.47. The molecular formula is C17H19N5O. The number of fused-ring (bicyclic) bond motifs is 1. The van der Waals surface area contributed by atoms with Gasteiger partial charge in [-0.3, -0.25) is 9.78 Å². The molecule has 0 radical (unpaired) electrons.